The maximum atomic E-state index is 13.7. The second-order valence-electron chi connectivity index (χ2n) is 8.15. The molecule has 0 bridgehead atoms. The van der Waals surface area contributed by atoms with Crippen LogP contribution in [-0.2, 0) is 6.18 Å². The molecule has 0 aliphatic heterocycles. The summed E-state index contributed by atoms with van der Waals surface area (Å²) in [5.74, 6) is -0.954. The van der Waals surface area contributed by atoms with E-state index < -0.39 is 23.7 Å². The zero-order chi connectivity index (χ0) is 28.7. The molecule has 3 aromatic heterocycles. The van der Waals surface area contributed by atoms with E-state index in [0.717, 1.165) is 16.9 Å². The lowest BCUT2D eigenvalue weighted by Crippen LogP contribution is -2.22. The van der Waals surface area contributed by atoms with Gasteiger partial charge in [0.1, 0.15) is 11.5 Å². The second-order valence-corrected chi connectivity index (χ2v) is 8.15. The number of aliphatic imine (C=N–C) groups is 1. The SMILES string of the molecule is C=C/C(=C\N=CC)NC(=O)c1cccc(C(=O)Nc2ccc(-n3nc(-c4cccnc4)cc3C(F)(F)F)cn2)c1. The molecule has 2 N–H and O–H groups in total. The standard InChI is InChI=1S/C28H22F3N7O2/c1-3-21(16-32-4-2)35-26(39)18-7-5-8-19(13-18)27(40)36-25-11-10-22(17-34-25)38-24(28(29,30)31)14-23(37-38)20-9-6-12-33-15-20/h3-17H,1H2,2H3,(H,35,39)(H,34,36,40)/b21-16+,32-4?. The molecule has 4 aromatic rings. The minimum atomic E-state index is -4.68. The highest BCUT2D eigenvalue weighted by atomic mass is 19.4. The van der Waals surface area contributed by atoms with Crippen LogP contribution < -0.4 is 10.6 Å². The lowest BCUT2D eigenvalue weighted by Gasteiger charge is -2.11. The fourth-order valence-corrected chi connectivity index (χ4v) is 3.50. The molecule has 0 unspecified atom stereocenters. The molecule has 40 heavy (non-hydrogen) atoms. The van der Waals surface area contributed by atoms with Crippen LogP contribution in [0.4, 0.5) is 19.0 Å². The maximum Gasteiger partial charge on any atom is 0.433 e. The first-order valence-corrected chi connectivity index (χ1v) is 11.8. The highest BCUT2D eigenvalue weighted by molar-refractivity contribution is 6.06. The first-order valence-electron chi connectivity index (χ1n) is 11.8. The molecule has 0 saturated heterocycles. The number of allylic oxidation sites excluding steroid dienone is 1. The molecule has 4 rings (SSSR count). The summed E-state index contributed by atoms with van der Waals surface area (Å²) in [7, 11) is 0. The Morgan fingerprint density at radius 3 is 2.42 bits per heavy atom. The topological polar surface area (TPSA) is 114 Å². The quantitative estimate of drug-likeness (QED) is 0.226. The van der Waals surface area contributed by atoms with Gasteiger partial charge in [0.15, 0.2) is 0 Å². The van der Waals surface area contributed by atoms with Gasteiger partial charge in [0.2, 0.25) is 0 Å². The molecule has 0 aliphatic rings. The van der Waals surface area contributed by atoms with E-state index in [-0.39, 0.29) is 28.3 Å². The van der Waals surface area contributed by atoms with Gasteiger partial charge in [-0.2, -0.15) is 18.3 Å². The van der Waals surface area contributed by atoms with Crippen LogP contribution in [0.15, 0.2) is 103 Å². The van der Waals surface area contributed by atoms with Crippen molar-refractivity contribution in [3.05, 3.63) is 115 Å². The zero-order valence-electron chi connectivity index (χ0n) is 21.1. The highest BCUT2D eigenvalue weighted by Gasteiger charge is 2.36. The Balaban J connectivity index is 1.52. The average molecular weight is 546 g/mol. The highest BCUT2D eigenvalue weighted by Crippen LogP contribution is 2.34. The van der Waals surface area contributed by atoms with Crippen LogP contribution in [0.1, 0.15) is 33.3 Å². The van der Waals surface area contributed by atoms with Crippen LogP contribution >= 0.6 is 0 Å². The summed E-state index contributed by atoms with van der Waals surface area (Å²) in [5.41, 5.74) is 0.323. The number of aromatic nitrogens is 4. The smallest absolute Gasteiger partial charge is 0.321 e. The number of hydrogen-bond donors (Lipinski definition) is 2. The monoisotopic (exact) mass is 545 g/mol. The Kier molecular flexibility index (Phi) is 8.28. The van der Waals surface area contributed by atoms with Crippen LogP contribution in [0.5, 0.6) is 0 Å². The number of alkyl halides is 3. The largest absolute Gasteiger partial charge is 0.433 e. The van der Waals surface area contributed by atoms with E-state index in [1.54, 1.807) is 25.3 Å². The number of hydrogen-bond acceptors (Lipinski definition) is 6. The van der Waals surface area contributed by atoms with Gasteiger partial charge in [-0.1, -0.05) is 12.6 Å². The summed E-state index contributed by atoms with van der Waals surface area (Å²) in [4.78, 5) is 37.3. The fourth-order valence-electron chi connectivity index (χ4n) is 3.50. The lowest BCUT2D eigenvalue weighted by molar-refractivity contribution is -0.142. The van der Waals surface area contributed by atoms with Gasteiger partial charge in [0.25, 0.3) is 11.8 Å². The molecular formula is C28H22F3N7O2. The maximum absolute atomic E-state index is 13.7. The van der Waals surface area contributed by atoms with E-state index in [0.29, 0.717) is 11.3 Å². The predicted molar refractivity (Wildman–Crippen MR) is 144 cm³/mol. The molecule has 0 saturated carbocycles. The summed E-state index contributed by atoms with van der Waals surface area (Å²) in [5, 5.41) is 9.31. The summed E-state index contributed by atoms with van der Waals surface area (Å²) in [6, 6.07) is 12.8. The van der Waals surface area contributed by atoms with Crippen molar-refractivity contribution in [2.24, 2.45) is 4.99 Å². The average Bonchev–Trinajstić information content (AvgIpc) is 3.42. The Hall–Kier alpha value is -5.39. The number of nitrogens with one attached hydrogen (secondary N) is 2. The van der Waals surface area contributed by atoms with Crippen LogP contribution in [0.2, 0.25) is 0 Å². The number of carbonyl (C=O) groups excluding carboxylic acids is 2. The molecule has 9 nitrogen and oxygen atoms in total. The van der Waals surface area contributed by atoms with Crippen molar-refractivity contribution in [1.82, 2.24) is 25.1 Å². The van der Waals surface area contributed by atoms with E-state index >= 15 is 0 Å². The minimum Gasteiger partial charge on any atom is -0.321 e. The Morgan fingerprint density at radius 1 is 1.02 bits per heavy atom. The molecule has 0 radical (unpaired) electrons. The van der Waals surface area contributed by atoms with E-state index in [4.69, 9.17) is 0 Å². The van der Waals surface area contributed by atoms with Crippen LogP contribution in [-0.4, -0.2) is 37.8 Å². The van der Waals surface area contributed by atoms with Gasteiger partial charge in [-0.15, -0.1) is 0 Å². The number of anilines is 1. The van der Waals surface area contributed by atoms with Crippen LogP contribution in [0.3, 0.4) is 0 Å². The summed E-state index contributed by atoms with van der Waals surface area (Å²) in [6.45, 7) is 5.34. The van der Waals surface area contributed by atoms with Crippen molar-refractivity contribution in [1.29, 1.82) is 0 Å². The predicted octanol–water partition coefficient (Wildman–Crippen LogP) is 5.45. The van der Waals surface area contributed by atoms with Crippen LogP contribution in [0, 0.1) is 0 Å². The normalized spacial score (nSPS) is 11.8. The first-order chi connectivity index (χ1) is 19.2. The number of amides is 2. The van der Waals surface area contributed by atoms with Gasteiger partial charge in [0, 0.05) is 41.5 Å². The first kappa shape index (κ1) is 27.6. The molecule has 3 heterocycles. The molecule has 0 fully saturated rings. The third-order valence-corrected chi connectivity index (χ3v) is 5.42. The minimum absolute atomic E-state index is 0.0395. The van der Waals surface area contributed by atoms with E-state index in [1.165, 1.54) is 61.1 Å². The number of halogens is 3. The summed E-state index contributed by atoms with van der Waals surface area (Å²) in [6.07, 6.45) is 3.81. The van der Waals surface area contributed by atoms with Gasteiger partial charge < -0.3 is 10.6 Å². The van der Waals surface area contributed by atoms with Gasteiger partial charge in [0.05, 0.1) is 23.3 Å². The zero-order valence-corrected chi connectivity index (χ0v) is 21.1. The number of benzene rings is 1. The number of pyridine rings is 2. The molecule has 12 heteroatoms. The van der Waals surface area contributed by atoms with Crippen molar-refractivity contribution in [3.63, 3.8) is 0 Å². The van der Waals surface area contributed by atoms with Crippen molar-refractivity contribution in [3.8, 4) is 16.9 Å². The second kappa shape index (κ2) is 12.0. The Bertz CT molecular complexity index is 1590. The van der Waals surface area contributed by atoms with E-state index in [2.05, 4.69) is 37.3 Å². The number of nitrogens with zero attached hydrogens (tertiary/aromatic N) is 5. The molecular weight excluding hydrogens is 523 g/mol. The summed E-state index contributed by atoms with van der Waals surface area (Å²) >= 11 is 0. The van der Waals surface area contributed by atoms with E-state index in [9.17, 15) is 22.8 Å². The van der Waals surface area contributed by atoms with Crippen molar-refractivity contribution < 1.29 is 22.8 Å². The van der Waals surface area contributed by atoms with E-state index in [1.807, 2.05) is 0 Å². The van der Waals surface area contributed by atoms with Crippen LogP contribution in [0.25, 0.3) is 16.9 Å². The van der Waals surface area contributed by atoms with Crippen molar-refractivity contribution in [2.45, 2.75) is 13.1 Å². The van der Waals surface area contributed by atoms with Gasteiger partial charge in [-0.05, 0) is 61.5 Å². The fraction of sp³-hybridized carbons (Fsp3) is 0.0714. The molecule has 2 amide bonds. The third kappa shape index (κ3) is 6.54. The number of rotatable bonds is 8. The van der Waals surface area contributed by atoms with Gasteiger partial charge in [-0.3, -0.25) is 19.6 Å². The molecule has 1 aromatic carbocycles. The third-order valence-electron chi connectivity index (χ3n) is 5.42. The molecule has 0 aliphatic carbocycles. The summed E-state index contributed by atoms with van der Waals surface area (Å²) < 4.78 is 42.0. The molecule has 202 valence electrons. The van der Waals surface area contributed by atoms with Gasteiger partial charge >= 0.3 is 6.18 Å². The Morgan fingerprint density at radius 2 is 1.80 bits per heavy atom. The van der Waals surface area contributed by atoms with Gasteiger partial charge in [-0.25, -0.2) is 9.67 Å². The lowest BCUT2D eigenvalue weighted by atomic mass is 10.1. The van der Waals surface area contributed by atoms with Crippen molar-refractivity contribution >= 4 is 23.8 Å². The number of carbonyl (C=O) groups is 2. The molecule has 0 spiro atoms. The van der Waals surface area contributed by atoms with Crippen molar-refractivity contribution in [2.75, 3.05) is 5.32 Å². The Labute approximate surface area is 226 Å². The molecule has 0 atom stereocenters.